The first-order valence-corrected chi connectivity index (χ1v) is 6.80. The predicted molar refractivity (Wildman–Crippen MR) is 83.6 cm³/mol. The van der Waals surface area contributed by atoms with Crippen LogP contribution in [0.4, 0.5) is 5.69 Å². The summed E-state index contributed by atoms with van der Waals surface area (Å²) in [5.41, 5.74) is 1.19. The van der Waals surface area contributed by atoms with Crippen LogP contribution in [-0.2, 0) is 4.79 Å². The van der Waals surface area contributed by atoms with Crippen molar-refractivity contribution in [3.8, 4) is 6.07 Å². The van der Waals surface area contributed by atoms with Crippen molar-refractivity contribution in [1.82, 2.24) is 5.32 Å². The van der Waals surface area contributed by atoms with Crippen LogP contribution in [0.1, 0.15) is 15.9 Å². The van der Waals surface area contributed by atoms with Crippen molar-refractivity contribution in [2.75, 3.05) is 11.9 Å². The Morgan fingerprint density at radius 2 is 1.77 bits per heavy atom. The number of halogens is 1. The highest BCUT2D eigenvalue weighted by Crippen LogP contribution is 2.13. The second kappa shape index (κ2) is 7.25. The lowest BCUT2D eigenvalue weighted by molar-refractivity contribution is -0.115. The lowest BCUT2D eigenvalue weighted by atomic mass is 10.2. The molecule has 0 aliphatic heterocycles. The Hall–Kier alpha value is -2.84. The van der Waals surface area contributed by atoms with Crippen LogP contribution in [0.15, 0.2) is 48.5 Å². The monoisotopic (exact) mass is 313 g/mol. The van der Waals surface area contributed by atoms with Crippen LogP contribution < -0.4 is 10.6 Å². The molecule has 6 heteroatoms. The summed E-state index contributed by atoms with van der Waals surface area (Å²) in [6, 6.07) is 15.0. The lowest BCUT2D eigenvalue weighted by Gasteiger charge is -2.08. The highest BCUT2D eigenvalue weighted by Gasteiger charge is 2.09. The normalized spacial score (nSPS) is 9.64. The zero-order valence-electron chi connectivity index (χ0n) is 11.5. The summed E-state index contributed by atoms with van der Waals surface area (Å²) in [6.07, 6.45) is 0. The first kappa shape index (κ1) is 15.5. The standard InChI is InChI=1S/C16H12ClN3O2/c17-13-7-5-11(6-8-13)16(22)19-10-15(21)20-14-4-2-1-3-12(14)9-18/h1-8H,10H2,(H,19,22)(H,20,21). The Morgan fingerprint density at radius 1 is 1.09 bits per heavy atom. The molecule has 0 atom stereocenters. The molecule has 0 aliphatic carbocycles. The van der Waals surface area contributed by atoms with Crippen molar-refractivity contribution in [2.45, 2.75) is 0 Å². The van der Waals surface area contributed by atoms with E-state index in [9.17, 15) is 9.59 Å². The number of anilines is 1. The molecule has 2 aromatic carbocycles. The number of hydrogen-bond acceptors (Lipinski definition) is 3. The van der Waals surface area contributed by atoms with E-state index in [-0.39, 0.29) is 12.5 Å². The third-order valence-corrected chi connectivity index (χ3v) is 3.09. The molecule has 2 N–H and O–H groups in total. The molecule has 0 heterocycles. The van der Waals surface area contributed by atoms with Crippen molar-refractivity contribution in [3.05, 3.63) is 64.7 Å². The molecule has 0 radical (unpaired) electrons. The average Bonchev–Trinajstić information content (AvgIpc) is 2.54. The van der Waals surface area contributed by atoms with Crippen LogP contribution >= 0.6 is 11.6 Å². The fourth-order valence-corrected chi connectivity index (χ4v) is 1.87. The average molecular weight is 314 g/mol. The highest BCUT2D eigenvalue weighted by atomic mass is 35.5. The van der Waals surface area contributed by atoms with E-state index in [0.717, 1.165) is 0 Å². The van der Waals surface area contributed by atoms with E-state index in [1.54, 1.807) is 48.5 Å². The number of nitrogens with one attached hydrogen (secondary N) is 2. The molecule has 0 aliphatic rings. The molecule has 0 aromatic heterocycles. The fraction of sp³-hybridized carbons (Fsp3) is 0.0625. The molecule has 2 rings (SSSR count). The Balaban J connectivity index is 1.91. The number of rotatable bonds is 4. The third kappa shape index (κ3) is 4.08. The van der Waals surface area contributed by atoms with E-state index < -0.39 is 5.91 Å². The number of para-hydroxylation sites is 1. The van der Waals surface area contributed by atoms with Crippen molar-refractivity contribution < 1.29 is 9.59 Å². The Morgan fingerprint density at radius 3 is 2.45 bits per heavy atom. The molecule has 5 nitrogen and oxygen atoms in total. The van der Waals surface area contributed by atoms with Gasteiger partial charge in [0.15, 0.2) is 0 Å². The summed E-state index contributed by atoms with van der Waals surface area (Å²) in [5, 5.41) is 14.5. The van der Waals surface area contributed by atoms with Gasteiger partial charge in [0.05, 0.1) is 17.8 Å². The topological polar surface area (TPSA) is 82.0 Å². The van der Waals surface area contributed by atoms with Crippen LogP contribution in [0.2, 0.25) is 5.02 Å². The number of amides is 2. The van der Waals surface area contributed by atoms with E-state index >= 15 is 0 Å². The van der Waals surface area contributed by atoms with Gasteiger partial charge in [-0.15, -0.1) is 0 Å². The van der Waals surface area contributed by atoms with Crippen LogP contribution in [0.5, 0.6) is 0 Å². The molecule has 0 unspecified atom stereocenters. The van der Waals surface area contributed by atoms with E-state index in [0.29, 0.717) is 21.8 Å². The molecule has 2 aromatic rings. The smallest absolute Gasteiger partial charge is 0.251 e. The lowest BCUT2D eigenvalue weighted by Crippen LogP contribution is -2.32. The second-order valence-electron chi connectivity index (χ2n) is 4.40. The van der Waals surface area contributed by atoms with Gasteiger partial charge in [-0.3, -0.25) is 9.59 Å². The number of hydrogen-bond donors (Lipinski definition) is 2. The summed E-state index contributed by atoms with van der Waals surface area (Å²) >= 11 is 5.74. The highest BCUT2D eigenvalue weighted by molar-refractivity contribution is 6.30. The SMILES string of the molecule is N#Cc1ccccc1NC(=O)CNC(=O)c1ccc(Cl)cc1. The van der Waals surface area contributed by atoms with E-state index in [2.05, 4.69) is 10.6 Å². The summed E-state index contributed by atoms with van der Waals surface area (Å²) in [6.45, 7) is -0.193. The van der Waals surface area contributed by atoms with Gasteiger partial charge in [-0.25, -0.2) is 0 Å². The fourth-order valence-electron chi connectivity index (χ4n) is 1.75. The maximum absolute atomic E-state index is 11.8. The third-order valence-electron chi connectivity index (χ3n) is 2.84. The zero-order valence-corrected chi connectivity index (χ0v) is 12.2. The number of nitriles is 1. The number of nitrogens with zero attached hydrogens (tertiary/aromatic N) is 1. The minimum Gasteiger partial charge on any atom is -0.343 e. The maximum atomic E-state index is 11.8. The Kier molecular flexibility index (Phi) is 5.12. The second-order valence-corrected chi connectivity index (χ2v) is 4.83. The van der Waals surface area contributed by atoms with Crippen LogP contribution in [-0.4, -0.2) is 18.4 Å². The molecule has 110 valence electrons. The quantitative estimate of drug-likeness (QED) is 0.910. The van der Waals surface area contributed by atoms with E-state index in [4.69, 9.17) is 16.9 Å². The Bertz CT molecular complexity index is 736. The van der Waals surface area contributed by atoms with Gasteiger partial charge in [-0.1, -0.05) is 23.7 Å². The van der Waals surface area contributed by atoms with Crippen LogP contribution in [0, 0.1) is 11.3 Å². The van der Waals surface area contributed by atoms with Gasteiger partial charge in [0.1, 0.15) is 6.07 Å². The molecule has 0 bridgehead atoms. The molecular formula is C16H12ClN3O2. The minimum atomic E-state index is -0.412. The summed E-state index contributed by atoms with van der Waals surface area (Å²) in [7, 11) is 0. The van der Waals surface area contributed by atoms with Gasteiger partial charge in [0, 0.05) is 10.6 Å². The maximum Gasteiger partial charge on any atom is 0.251 e. The van der Waals surface area contributed by atoms with Crippen molar-refractivity contribution in [1.29, 1.82) is 5.26 Å². The molecule has 0 spiro atoms. The van der Waals surface area contributed by atoms with Crippen molar-refractivity contribution in [2.24, 2.45) is 0 Å². The molecular weight excluding hydrogens is 302 g/mol. The molecule has 0 saturated heterocycles. The van der Waals surface area contributed by atoms with Gasteiger partial charge in [0.25, 0.3) is 5.91 Å². The summed E-state index contributed by atoms with van der Waals surface area (Å²) < 4.78 is 0. The van der Waals surface area contributed by atoms with Crippen molar-refractivity contribution in [3.63, 3.8) is 0 Å². The van der Waals surface area contributed by atoms with Gasteiger partial charge in [0.2, 0.25) is 5.91 Å². The zero-order chi connectivity index (χ0) is 15.9. The first-order chi connectivity index (χ1) is 10.6. The molecule has 0 fully saturated rings. The largest absolute Gasteiger partial charge is 0.343 e. The first-order valence-electron chi connectivity index (χ1n) is 6.43. The van der Waals surface area contributed by atoms with Gasteiger partial charge in [-0.05, 0) is 36.4 Å². The number of carbonyl (C=O) groups is 2. The summed E-state index contributed by atoms with van der Waals surface area (Å²) in [5.74, 6) is -0.787. The molecule has 0 saturated carbocycles. The van der Waals surface area contributed by atoms with E-state index in [1.165, 1.54) is 0 Å². The Labute approximate surface area is 132 Å². The van der Waals surface area contributed by atoms with Crippen LogP contribution in [0.3, 0.4) is 0 Å². The number of carbonyl (C=O) groups excluding carboxylic acids is 2. The summed E-state index contributed by atoms with van der Waals surface area (Å²) in [4.78, 5) is 23.7. The predicted octanol–water partition coefficient (Wildman–Crippen LogP) is 2.58. The number of benzene rings is 2. The van der Waals surface area contributed by atoms with Crippen LogP contribution in [0.25, 0.3) is 0 Å². The minimum absolute atomic E-state index is 0.193. The molecule has 22 heavy (non-hydrogen) atoms. The van der Waals surface area contributed by atoms with Crippen molar-refractivity contribution >= 4 is 29.1 Å². The molecule has 2 amide bonds. The van der Waals surface area contributed by atoms with Gasteiger partial charge >= 0.3 is 0 Å². The van der Waals surface area contributed by atoms with E-state index in [1.807, 2.05) is 6.07 Å². The van der Waals surface area contributed by atoms with Gasteiger partial charge in [-0.2, -0.15) is 5.26 Å². The van der Waals surface area contributed by atoms with Gasteiger partial charge < -0.3 is 10.6 Å².